The van der Waals surface area contributed by atoms with E-state index in [1.54, 1.807) is 6.92 Å². The molecule has 8 heteroatoms. The lowest BCUT2D eigenvalue weighted by Crippen LogP contribution is -2.13. The number of anilines is 1. The van der Waals surface area contributed by atoms with Crippen molar-refractivity contribution in [2.75, 3.05) is 11.3 Å². The highest BCUT2D eigenvalue weighted by molar-refractivity contribution is 7.92. The Kier molecular flexibility index (Phi) is 5.51. The molecule has 0 radical (unpaired) electrons. The second kappa shape index (κ2) is 7.21. The third-order valence-electron chi connectivity index (χ3n) is 2.83. The second-order valence-corrected chi connectivity index (χ2v) is 6.97. The third-order valence-corrected chi connectivity index (χ3v) is 4.93. The molecule has 122 valence electrons. The number of halogens is 2. The van der Waals surface area contributed by atoms with Gasteiger partial charge in [-0.3, -0.25) is 4.72 Å². The van der Waals surface area contributed by atoms with Gasteiger partial charge in [-0.15, -0.1) is 0 Å². The number of carbonyl (C=O) groups is 1. The molecule has 2 rings (SSSR count). The van der Waals surface area contributed by atoms with Gasteiger partial charge in [-0.2, -0.15) is 0 Å². The Morgan fingerprint density at radius 1 is 1.13 bits per heavy atom. The first-order valence-corrected chi connectivity index (χ1v) is 8.82. The molecule has 2 aromatic rings. The number of ether oxygens (including phenoxy) is 1. The zero-order chi connectivity index (χ0) is 17.0. The van der Waals surface area contributed by atoms with Crippen LogP contribution in [0.5, 0.6) is 0 Å². The van der Waals surface area contributed by atoms with Crippen LogP contribution in [0.15, 0.2) is 47.4 Å². The number of hydrogen-bond donors (Lipinski definition) is 1. The Bertz CT molecular complexity index is 820. The van der Waals surface area contributed by atoms with E-state index >= 15 is 0 Å². The van der Waals surface area contributed by atoms with Gasteiger partial charge < -0.3 is 4.74 Å². The maximum Gasteiger partial charge on any atom is 0.338 e. The molecule has 2 aromatic carbocycles. The van der Waals surface area contributed by atoms with Crippen molar-refractivity contribution < 1.29 is 17.9 Å². The van der Waals surface area contributed by atoms with E-state index in [1.807, 2.05) is 0 Å². The average Bonchev–Trinajstić information content (AvgIpc) is 2.50. The second-order valence-electron chi connectivity index (χ2n) is 4.48. The molecule has 0 amide bonds. The summed E-state index contributed by atoms with van der Waals surface area (Å²) in [6, 6.07) is 10.0. The van der Waals surface area contributed by atoms with Crippen molar-refractivity contribution in [2.45, 2.75) is 11.8 Å². The van der Waals surface area contributed by atoms with E-state index < -0.39 is 16.0 Å². The summed E-state index contributed by atoms with van der Waals surface area (Å²) in [6.45, 7) is 1.97. The molecule has 0 aromatic heterocycles. The van der Waals surface area contributed by atoms with Gasteiger partial charge >= 0.3 is 5.97 Å². The molecule has 0 heterocycles. The van der Waals surface area contributed by atoms with Crippen LogP contribution in [-0.2, 0) is 14.8 Å². The zero-order valence-electron chi connectivity index (χ0n) is 12.0. The van der Waals surface area contributed by atoms with Gasteiger partial charge in [0.2, 0.25) is 0 Å². The lowest BCUT2D eigenvalue weighted by Gasteiger charge is -2.10. The van der Waals surface area contributed by atoms with Crippen LogP contribution in [0.2, 0.25) is 10.0 Å². The number of benzene rings is 2. The summed E-state index contributed by atoms with van der Waals surface area (Å²) in [5.41, 5.74) is 0.615. The first kappa shape index (κ1) is 17.6. The molecule has 0 aliphatic carbocycles. The number of sulfonamides is 1. The van der Waals surface area contributed by atoms with E-state index in [4.69, 9.17) is 27.9 Å². The molecule has 0 saturated carbocycles. The molecule has 1 N–H and O–H groups in total. The molecular weight excluding hydrogens is 361 g/mol. The van der Waals surface area contributed by atoms with E-state index in [0.717, 1.165) is 0 Å². The Morgan fingerprint density at radius 2 is 1.78 bits per heavy atom. The molecular formula is C15H13Cl2NO4S. The number of hydrogen-bond acceptors (Lipinski definition) is 4. The molecule has 0 fully saturated rings. The molecule has 23 heavy (non-hydrogen) atoms. The smallest absolute Gasteiger partial charge is 0.338 e. The Hall–Kier alpha value is -1.76. The van der Waals surface area contributed by atoms with Crippen LogP contribution in [-0.4, -0.2) is 21.0 Å². The fourth-order valence-corrected chi connectivity index (χ4v) is 3.60. The minimum absolute atomic E-state index is 0.0602. The van der Waals surface area contributed by atoms with Gasteiger partial charge in [0.1, 0.15) is 4.90 Å². The molecule has 0 unspecified atom stereocenters. The highest BCUT2D eigenvalue weighted by atomic mass is 35.5. The minimum Gasteiger partial charge on any atom is -0.462 e. The zero-order valence-corrected chi connectivity index (χ0v) is 14.4. The van der Waals surface area contributed by atoms with Gasteiger partial charge in [-0.25, -0.2) is 13.2 Å². The van der Waals surface area contributed by atoms with E-state index in [0.29, 0.717) is 5.56 Å². The van der Waals surface area contributed by atoms with Crippen LogP contribution >= 0.6 is 23.2 Å². The van der Waals surface area contributed by atoms with Crippen molar-refractivity contribution in [2.24, 2.45) is 0 Å². The summed E-state index contributed by atoms with van der Waals surface area (Å²) >= 11 is 11.7. The maximum absolute atomic E-state index is 12.4. The van der Waals surface area contributed by atoms with Crippen molar-refractivity contribution in [3.05, 3.63) is 58.1 Å². The van der Waals surface area contributed by atoms with Crippen LogP contribution in [0.3, 0.4) is 0 Å². The quantitative estimate of drug-likeness (QED) is 0.804. The highest BCUT2D eigenvalue weighted by Crippen LogP contribution is 2.26. The van der Waals surface area contributed by atoms with E-state index in [2.05, 4.69) is 4.72 Å². The van der Waals surface area contributed by atoms with Crippen molar-refractivity contribution in [3.8, 4) is 0 Å². The van der Waals surface area contributed by atoms with Gasteiger partial charge in [0.05, 0.1) is 17.2 Å². The Balaban J connectivity index is 2.24. The summed E-state index contributed by atoms with van der Waals surface area (Å²) in [4.78, 5) is 11.4. The first-order valence-electron chi connectivity index (χ1n) is 6.58. The summed E-state index contributed by atoms with van der Waals surface area (Å²) in [5, 5.41) is 0.317. The predicted octanol–water partition coefficient (Wildman–Crippen LogP) is 3.97. The summed E-state index contributed by atoms with van der Waals surface area (Å²) in [6.07, 6.45) is 0. The molecule has 0 spiro atoms. The molecule has 0 atom stereocenters. The predicted molar refractivity (Wildman–Crippen MR) is 89.7 cm³/mol. The monoisotopic (exact) mass is 373 g/mol. The van der Waals surface area contributed by atoms with E-state index in [-0.39, 0.29) is 27.2 Å². The topological polar surface area (TPSA) is 72.5 Å². The molecule has 5 nitrogen and oxygen atoms in total. The lowest BCUT2D eigenvalue weighted by atomic mass is 10.2. The van der Waals surface area contributed by atoms with Crippen LogP contribution in [0, 0.1) is 0 Å². The third kappa shape index (κ3) is 4.37. The van der Waals surface area contributed by atoms with Gasteiger partial charge in [0.25, 0.3) is 10.0 Å². The highest BCUT2D eigenvalue weighted by Gasteiger charge is 2.19. The number of rotatable bonds is 5. The van der Waals surface area contributed by atoms with Crippen LogP contribution in [0.4, 0.5) is 5.69 Å². The maximum atomic E-state index is 12.4. The molecule has 0 aliphatic heterocycles. The van der Waals surface area contributed by atoms with Gasteiger partial charge in [0.15, 0.2) is 0 Å². The van der Waals surface area contributed by atoms with Crippen molar-refractivity contribution in [1.29, 1.82) is 0 Å². The minimum atomic E-state index is -3.89. The number of carbonyl (C=O) groups excluding carboxylic acids is 1. The fraction of sp³-hybridized carbons (Fsp3) is 0.133. The summed E-state index contributed by atoms with van der Waals surface area (Å²) < 4.78 is 31.9. The van der Waals surface area contributed by atoms with Crippen LogP contribution in [0.1, 0.15) is 17.3 Å². The molecule has 0 aliphatic rings. The van der Waals surface area contributed by atoms with Gasteiger partial charge in [-0.1, -0.05) is 23.2 Å². The van der Waals surface area contributed by atoms with E-state index in [1.165, 1.54) is 42.5 Å². The van der Waals surface area contributed by atoms with Crippen molar-refractivity contribution in [1.82, 2.24) is 0 Å². The van der Waals surface area contributed by atoms with Crippen LogP contribution in [0.25, 0.3) is 0 Å². The lowest BCUT2D eigenvalue weighted by molar-refractivity contribution is 0.0526. The summed E-state index contributed by atoms with van der Waals surface area (Å²) in [7, 11) is -3.89. The largest absolute Gasteiger partial charge is 0.462 e. The normalized spacial score (nSPS) is 11.1. The van der Waals surface area contributed by atoms with E-state index in [9.17, 15) is 13.2 Å². The first-order chi connectivity index (χ1) is 10.8. The molecule has 0 saturated heterocycles. The fourth-order valence-electron chi connectivity index (χ4n) is 1.78. The Labute approximate surface area is 144 Å². The SMILES string of the molecule is CCOC(=O)c1ccc(NS(=O)(=O)c2cc(Cl)ccc2Cl)cc1. The number of esters is 1. The van der Waals surface area contributed by atoms with Gasteiger partial charge in [0, 0.05) is 10.7 Å². The average molecular weight is 374 g/mol. The number of nitrogens with one attached hydrogen (secondary N) is 1. The standard InChI is InChI=1S/C15H13Cl2NO4S/c1-2-22-15(19)10-3-6-12(7-4-10)18-23(20,21)14-9-11(16)5-8-13(14)17/h3-9,18H,2H2,1H3. The van der Waals surface area contributed by atoms with Crippen LogP contribution < -0.4 is 4.72 Å². The van der Waals surface area contributed by atoms with Gasteiger partial charge in [-0.05, 0) is 49.4 Å². The Morgan fingerprint density at radius 3 is 2.39 bits per heavy atom. The molecule has 0 bridgehead atoms. The van der Waals surface area contributed by atoms with Crippen molar-refractivity contribution >= 4 is 44.9 Å². The summed E-state index contributed by atoms with van der Waals surface area (Å²) in [5.74, 6) is -0.472. The van der Waals surface area contributed by atoms with Crippen molar-refractivity contribution in [3.63, 3.8) is 0 Å².